The van der Waals surface area contributed by atoms with Gasteiger partial charge in [0.05, 0.1) is 6.42 Å². The minimum atomic E-state index is -0.112. The van der Waals surface area contributed by atoms with Gasteiger partial charge in [0, 0.05) is 6.04 Å². The van der Waals surface area contributed by atoms with Crippen LogP contribution in [0.5, 0.6) is 0 Å². The molecule has 0 saturated heterocycles. The van der Waals surface area contributed by atoms with E-state index in [4.69, 9.17) is 0 Å². The summed E-state index contributed by atoms with van der Waals surface area (Å²) in [6, 6.07) is 23.4. The summed E-state index contributed by atoms with van der Waals surface area (Å²) in [5.41, 5.74) is 2.13. The third kappa shape index (κ3) is 4.88. The van der Waals surface area contributed by atoms with Gasteiger partial charge in [-0.2, -0.15) is 0 Å². The number of nitrogens with zero attached hydrogens (tertiary/aromatic N) is 2. The van der Waals surface area contributed by atoms with Gasteiger partial charge in [-0.25, -0.2) is 0 Å². The minimum absolute atomic E-state index is 0.112. The molecule has 0 aliphatic carbocycles. The van der Waals surface area contributed by atoms with Gasteiger partial charge in [0.2, 0.25) is 5.91 Å². The van der Waals surface area contributed by atoms with Gasteiger partial charge in [-0.05, 0) is 30.2 Å². The van der Waals surface area contributed by atoms with Crippen molar-refractivity contribution in [2.24, 2.45) is 0 Å². The molecule has 0 bridgehead atoms. The second-order valence-electron chi connectivity index (χ2n) is 5.79. The van der Waals surface area contributed by atoms with Crippen molar-refractivity contribution in [1.29, 1.82) is 0 Å². The molecule has 2 aromatic carbocycles. The molecule has 0 radical (unpaired) electrons. The smallest absolute Gasteiger partial charge is 0.229 e. The Balaban J connectivity index is 1.56. The molecule has 5 nitrogen and oxygen atoms in total. The molecule has 3 aromatic rings. The van der Waals surface area contributed by atoms with Crippen molar-refractivity contribution in [3.8, 4) is 0 Å². The monoisotopic (exact) mass is 332 g/mol. The number of carbonyl (C=O) groups excluding carboxylic acids is 1. The molecule has 126 valence electrons. The second kappa shape index (κ2) is 8.06. The fraction of sp³-hybridized carbons (Fsp3) is 0.150. The molecule has 1 aromatic heterocycles. The second-order valence-corrected chi connectivity index (χ2v) is 5.79. The molecular formula is C20H20N4O. The molecule has 1 heterocycles. The highest BCUT2D eigenvalue weighted by Crippen LogP contribution is 2.17. The van der Waals surface area contributed by atoms with E-state index in [9.17, 15) is 4.79 Å². The molecular weight excluding hydrogens is 312 g/mol. The topological polar surface area (TPSA) is 66.9 Å². The molecule has 0 saturated carbocycles. The molecule has 1 amide bonds. The largest absolute Gasteiger partial charge is 0.362 e. The molecule has 1 atom stereocenters. The van der Waals surface area contributed by atoms with E-state index in [1.165, 1.54) is 5.56 Å². The normalized spacial score (nSPS) is 11.6. The molecule has 5 heteroatoms. The number of rotatable bonds is 6. The minimum Gasteiger partial charge on any atom is -0.362 e. The molecule has 0 aliphatic rings. The van der Waals surface area contributed by atoms with Gasteiger partial charge in [0.25, 0.3) is 0 Å². The Hall–Kier alpha value is -3.21. The van der Waals surface area contributed by atoms with Gasteiger partial charge >= 0.3 is 0 Å². The Bertz CT molecular complexity index is 804. The molecule has 1 unspecified atom stereocenters. The number of carbonyl (C=O) groups is 1. The van der Waals surface area contributed by atoms with Crippen LogP contribution in [-0.4, -0.2) is 16.1 Å². The van der Waals surface area contributed by atoms with Crippen LogP contribution in [0.1, 0.15) is 24.1 Å². The Kier molecular flexibility index (Phi) is 5.36. The van der Waals surface area contributed by atoms with Crippen LogP contribution in [0.4, 0.5) is 11.6 Å². The van der Waals surface area contributed by atoms with E-state index in [1.807, 2.05) is 54.6 Å². The highest BCUT2D eigenvalue weighted by Gasteiger charge is 2.08. The van der Waals surface area contributed by atoms with Crippen LogP contribution in [-0.2, 0) is 11.2 Å². The first-order valence-corrected chi connectivity index (χ1v) is 8.20. The van der Waals surface area contributed by atoms with Gasteiger partial charge in [-0.15, -0.1) is 10.2 Å². The summed E-state index contributed by atoms with van der Waals surface area (Å²) in [6.07, 6.45) is 0.313. The van der Waals surface area contributed by atoms with Gasteiger partial charge in [-0.3, -0.25) is 4.79 Å². The maximum Gasteiger partial charge on any atom is 0.229 e. The summed E-state index contributed by atoms with van der Waals surface area (Å²) in [7, 11) is 0. The molecule has 0 spiro atoms. The van der Waals surface area contributed by atoms with Crippen molar-refractivity contribution < 1.29 is 4.79 Å². The zero-order valence-electron chi connectivity index (χ0n) is 14.0. The first kappa shape index (κ1) is 16.6. The van der Waals surface area contributed by atoms with Crippen molar-refractivity contribution in [3.63, 3.8) is 0 Å². The summed E-state index contributed by atoms with van der Waals surface area (Å²) in [4.78, 5) is 12.0. The van der Waals surface area contributed by atoms with Gasteiger partial charge in [0.1, 0.15) is 5.82 Å². The maximum atomic E-state index is 12.0. The lowest BCUT2D eigenvalue weighted by atomic mass is 10.1. The van der Waals surface area contributed by atoms with E-state index in [-0.39, 0.29) is 11.9 Å². The van der Waals surface area contributed by atoms with Crippen LogP contribution >= 0.6 is 0 Å². The molecule has 25 heavy (non-hydrogen) atoms. The number of amides is 1. The highest BCUT2D eigenvalue weighted by molar-refractivity contribution is 5.91. The Labute approximate surface area is 147 Å². The van der Waals surface area contributed by atoms with Gasteiger partial charge in [0.15, 0.2) is 5.82 Å². The number of aromatic nitrogens is 2. The quantitative estimate of drug-likeness (QED) is 0.720. The lowest BCUT2D eigenvalue weighted by Gasteiger charge is -2.14. The Morgan fingerprint density at radius 2 is 1.48 bits per heavy atom. The number of nitrogens with one attached hydrogen (secondary N) is 2. The summed E-state index contributed by atoms with van der Waals surface area (Å²) in [5, 5.41) is 14.2. The van der Waals surface area contributed by atoms with Crippen molar-refractivity contribution in [1.82, 2.24) is 10.2 Å². The van der Waals surface area contributed by atoms with Gasteiger partial charge < -0.3 is 10.6 Å². The summed E-state index contributed by atoms with van der Waals surface area (Å²) >= 11 is 0. The van der Waals surface area contributed by atoms with E-state index in [0.29, 0.717) is 18.1 Å². The lowest BCUT2D eigenvalue weighted by molar-refractivity contribution is -0.115. The number of hydrogen-bond acceptors (Lipinski definition) is 4. The van der Waals surface area contributed by atoms with Crippen molar-refractivity contribution in [2.45, 2.75) is 19.4 Å². The summed E-state index contributed by atoms with van der Waals surface area (Å²) in [6.45, 7) is 2.06. The molecule has 0 fully saturated rings. The van der Waals surface area contributed by atoms with Crippen LogP contribution in [0.25, 0.3) is 0 Å². The molecule has 2 N–H and O–H groups in total. The van der Waals surface area contributed by atoms with E-state index >= 15 is 0 Å². The van der Waals surface area contributed by atoms with E-state index in [0.717, 1.165) is 5.56 Å². The van der Waals surface area contributed by atoms with Gasteiger partial charge in [-0.1, -0.05) is 60.7 Å². The number of hydrogen-bond donors (Lipinski definition) is 2. The van der Waals surface area contributed by atoms with E-state index < -0.39 is 0 Å². The average Bonchev–Trinajstić information content (AvgIpc) is 2.65. The summed E-state index contributed by atoms with van der Waals surface area (Å²) in [5.74, 6) is 0.995. The molecule has 0 aliphatic heterocycles. The van der Waals surface area contributed by atoms with Crippen LogP contribution in [0.15, 0.2) is 72.8 Å². The first-order valence-electron chi connectivity index (χ1n) is 8.20. The zero-order valence-corrected chi connectivity index (χ0v) is 14.0. The Morgan fingerprint density at radius 3 is 2.12 bits per heavy atom. The standard InChI is InChI=1S/C20H20N4O/c1-15(17-10-6-3-7-11-17)21-18-12-13-19(24-23-18)22-20(25)14-16-8-4-2-5-9-16/h2-13,15H,14H2,1H3,(H,21,23)(H,22,24,25). The lowest BCUT2D eigenvalue weighted by Crippen LogP contribution is -2.16. The average molecular weight is 332 g/mol. The predicted octanol–water partition coefficient (Wildman–Crippen LogP) is 3.83. The number of benzene rings is 2. The SMILES string of the molecule is CC(Nc1ccc(NC(=O)Cc2ccccc2)nn1)c1ccccc1. The fourth-order valence-electron chi connectivity index (χ4n) is 2.49. The van der Waals surface area contributed by atoms with Crippen LogP contribution < -0.4 is 10.6 Å². The van der Waals surface area contributed by atoms with E-state index in [1.54, 1.807) is 6.07 Å². The zero-order chi connectivity index (χ0) is 17.5. The number of anilines is 2. The van der Waals surface area contributed by atoms with Crippen molar-refractivity contribution in [3.05, 3.63) is 83.9 Å². The summed E-state index contributed by atoms with van der Waals surface area (Å²) < 4.78 is 0. The fourth-order valence-corrected chi connectivity index (χ4v) is 2.49. The third-order valence-electron chi connectivity index (χ3n) is 3.80. The van der Waals surface area contributed by atoms with E-state index in [2.05, 4.69) is 39.9 Å². The van der Waals surface area contributed by atoms with Crippen molar-refractivity contribution in [2.75, 3.05) is 10.6 Å². The van der Waals surface area contributed by atoms with Crippen LogP contribution in [0.3, 0.4) is 0 Å². The van der Waals surface area contributed by atoms with Crippen LogP contribution in [0.2, 0.25) is 0 Å². The van der Waals surface area contributed by atoms with Crippen molar-refractivity contribution >= 4 is 17.5 Å². The van der Waals surface area contributed by atoms with Crippen LogP contribution in [0, 0.1) is 0 Å². The third-order valence-corrected chi connectivity index (χ3v) is 3.80. The molecule has 3 rings (SSSR count). The maximum absolute atomic E-state index is 12.0. The Morgan fingerprint density at radius 1 is 0.880 bits per heavy atom. The highest BCUT2D eigenvalue weighted by atomic mass is 16.1. The first-order chi connectivity index (χ1) is 12.2. The predicted molar refractivity (Wildman–Crippen MR) is 99.3 cm³/mol.